The number of Topliss-reactive ketones (excluding diaryl/α,β-unsaturated/α-hetero) is 1. The highest BCUT2D eigenvalue weighted by atomic mass is 32.2. The Bertz CT molecular complexity index is 1190. The third-order valence-corrected chi connectivity index (χ3v) is 6.91. The first-order chi connectivity index (χ1) is 14.8. The summed E-state index contributed by atoms with van der Waals surface area (Å²) in [6.45, 7) is 1.67. The number of rotatable bonds is 9. The summed E-state index contributed by atoms with van der Waals surface area (Å²) in [4.78, 5) is 25.0. The maximum absolute atomic E-state index is 13.0. The highest BCUT2D eigenvalue weighted by Gasteiger charge is 2.20. The molecule has 0 aliphatic heterocycles. The zero-order valence-corrected chi connectivity index (χ0v) is 18.7. The Kier molecular flexibility index (Phi) is 7.09. The van der Waals surface area contributed by atoms with Crippen LogP contribution in [-0.4, -0.2) is 27.2 Å². The van der Waals surface area contributed by atoms with Crippen molar-refractivity contribution in [2.45, 2.75) is 24.7 Å². The van der Waals surface area contributed by atoms with Gasteiger partial charge in [-0.05, 0) is 48.2 Å². The molecule has 0 spiro atoms. The van der Waals surface area contributed by atoms with Crippen LogP contribution in [0.1, 0.15) is 28.1 Å². The van der Waals surface area contributed by atoms with E-state index in [-0.39, 0.29) is 29.4 Å². The number of hydrogen-bond acceptors (Lipinski definition) is 6. The zero-order chi connectivity index (χ0) is 22.4. The molecule has 9 heteroatoms. The molecule has 0 bridgehead atoms. The molecule has 3 rings (SSSR count). The van der Waals surface area contributed by atoms with Crippen molar-refractivity contribution >= 4 is 44.4 Å². The van der Waals surface area contributed by atoms with E-state index in [0.717, 1.165) is 0 Å². The molecule has 1 amide bonds. The number of amides is 1. The first-order valence-corrected chi connectivity index (χ1v) is 11.8. The quantitative estimate of drug-likeness (QED) is 0.461. The number of carbonyl (C=O) groups excluding carboxylic acids is 2. The van der Waals surface area contributed by atoms with Crippen molar-refractivity contribution in [3.63, 3.8) is 0 Å². The number of carbonyl (C=O) groups is 2. The highest BCUT2D eigenvalue weighted by Crippen LogP contribution is 2.28. The minimum absolute atomic E-state index is 0.00611. The molecule has 0 aliphatic rings. The first kappa shape index (κ1) is 22.5. The van der Waals surface area contributed by atoms with E-state index in [1.165, 1.54) is 24.5 Å². The van der Waals surface area contributed by atoms with Crippen LogP contribution >= 0.6 is 11.3 Å². The number of nitrogens with one attached hydrogen (secondary N) is 2. The van der Waals surface area contributed by atoms with Crippen molar-refractivity contribution in [3.8, 4) is 5.75 Å². The van der Waals surface area contributed by atoms with Crippen LogP contribution in [-0.2, 0) is 14.8 Å². The van der Waals surface area contributed by atoms with Crippen LogP contribution in [0, 0.1) is 6.92 Å². The molecule has 0 saturated carbocycles. The van der Waals surface area contributed by atoms with Gasteiger partial charge in [0.05, 0.1) is 22.6 Å². The van der Waals surface area contributed by atoms with Crippen LogP contribution < -0.4 is 14.8 Å². The molecule has 0 radical (unpaired) electrons. The monoisotopic (exact) mass is 458 g/mol. The van der Waals surface area contributed by atoms with Crippen LogP contribution in [0.15, 0.2) is 64.9 Å². The molecule has 0 atom stereocenters. The molecule has 0 saturated heterocycles. The average molecular weight is 459 g/mol. The van der Waals surface area contributed by atoms with E-state index in [2.05, 4.69) is 10.0 Å². The summed E-state index contributed by atoms with van der Waals surface area (Å²) in [6.07, 6.45) is 0.0882. The molecule has 0 fully saturated rings. The third-order valence-electron chi connectivity index (χ3n) is 4.49. The van der Waals surface area contributed by atoms with Crippen molar-refractivity contribution in [2.75, 3.05) is 17.1 Å². The number of benzene rings is 2. The molecule has 0 unspecified atom stereocenters. The third kappa shape index (κ3) is 5.71. The van der Waals surface area contributed by atoms with E-state index in [0.29, 0.717) is 27.6 Å². The predicted octanol–water partition coefficient (Wildman–Crippen LogP) is 4.47. The second kappa shape index (κ2) is 9.76. The number of thiophene rings is 1. The average Bonchev–Trinajstić information content (AvgIpc) is 3.28. The number of anilines is 2. The largest absolute Gasteiger partial charge is 0.495 e. The molecule has 0 aliphatic carbocycles. The van der Waals surface area contributed by atoms with Gasteiger partial charge in [0, 0.05) is 18.5 Å². The molecular formula is C22H22N2O5S2. The van der Waals surface area contributed by atoms with Gasteiger partial charge < -0.3 is 10.1 Å². The van der Waals surface area contributed by atoms with E-state index in [4.69, 9.17) is 4.74 Å². The van der Waals surface area contributed by atoms with Crippen molar-refractivity contribution in [1.29, 1.82) is 0 Å². The topological polar surface area (TPSA) is 102 Å². The van der Waals surface area contributed by atoms with Gasteiger partial charge in [-0.15, -0.1) is 11.3 Å². The summed E-state index contributed by atoms with van der Waals surface area (Å²) < 4.78 is 33.6. The fourth-order valence-corrected chi connectivity index (χ4v) is 4.94. The SMILES string of the molecule is COc1ccccc1NS(=O)(=O)c1cc(NC(=O)CCC(=O)c2cccs2)ccc1C. The second-order valence-corrected chi connectivity index (χ2v) is 9.33. The van der Waals surface area contributed by atoms with Crippen LogP contribution in [0.5, 0.6) is 5.75 Å². The maximum atomic E-state index is 13.0. The lowest BCUT2D eigenvalue weighted by Crippen LogP contribution is -2.17. The van der Waals surface area contributed by atoms with Crippen molar-refractivity contribution in [1.82, 2.24) is 0 Å². The smallest absolute Gasteiger partial charge is 0.262 e. The number of para-hydroxylation sites is 2. The fourth-order valence-electron chi connectivity index (χ4n) is 2.91. The molecule has 1 aromatic heterocycles. The number of hydrogen-bond donors (Lipinski definition) is 2. The lowest BCUT2D eigenvalue weighted by atomic mass is 10.2. The Morgan fingerprint density at radius 2 is 1.81 bits per heavy atom. The summed E-state index contributed by atoms with van der Waals surface area (Å²) in [5.74, 6) is -0.0725. The van der Waals surface area contributed by atoms with Gasteiger partial charge in [0.15, 0.2) is 5.78 Å². The molecule has 31 heavy (non-hydrogen) atoms. The van der Waals surface area contributed by atoms with Crippen LogP contribution in [0.3, 0.4) is 0 Å². The first-order valence-electron chi connectivity index (χ1n) is 9.43. The van der Waals surface area contributed by atoms with Crippen molar-refractivity contribution in [3.05, 3.63) is 70.4 Å². The predicted molar refractivity (Wildman–Crippen MR) is 121 cm³/mol. The van der Waals surface area contributed by atoms with Crippen LogP contribution in [0.25, 0.3) is 0 Å². The normalized spacial score (nSPS) is 11.0. The summed E-state index contributed by atoms with van der Waals surface area (Å²) in [5.41, 5.74) is 1.17. The maximum Gasteiger partial charge on any atom is 0.262 e. The number of sulfonamides is 1. The Hall–Kier alpha value is -3.17. The Balaban J connectivity index is 1.72. The number of aryl methyl sites for hydroxylation is 1. The lowest BCUT2D eigenvalue weighted by molar-refractivity contribution is -0.116. The Morgan fingerprint density at radius 3 is 2.52 bits per heavy atom. The van der Waals surface area contributed by atoms with Gasteiger partial charge in [-0.2, -0.15) is 0 Å². The molecular weight excluding hydrogens is 436 g/mol. The molecule has 1 heterocycles. The van der Waals surface area contributed by atoms with Gasteiger partial charge in [-0.1, -0.05) is 24.3 Å². The summed E-state index contributed by atoms with van der Waals surface area (Å²) in [7, 11) is -2.47. The lowest BCUT2D eigenvalue weighted by Gasteiger charge is -2.14. The van der Waals surface area contributed by atoms with E-state index in [1.54, 1.807) is 60.8 Å². The zero-order valence-electron chi connectivity index (χ0n) is 17.0. The standard InChI is InChI=1S/C22H22N2O5S2/c1-15-9-10-16(23-22(26)12-11-18(25)20-8-5-13-30-20)14-21(15)31(27,28)24-17-6-3-4-7-19(17)29-2/h3-10,13-14,24H,11-12H2,1-2H3,(H,23,26). The van der Waals surface area contributed by atoms with Gasteiger partial charge in [0.2, 0.25) is 5.91 Å². The van der Waals surface area contributed by atoms with Gasteiger partial charge in [-0.3, -0.25) is 14.3 Å². The van der Waals surface area contributed by atoms with E-state index in [1.807, 2.05) is 0 Å². The van der Waals surface area contributed by atoms with Crippen molar-refractivity contribution in [2.24, 2.45) is 0 Å². The number of methoxy groups -OCH3 is 1. The minimum atomic E-state index is -3.92. The number of ether oxygens (including phenoxy) is 1. The molecule has 2 aromatic carbocycles. The fraction of sp³-hybridized carbons (Fsp3) is 0.182. The minimum Gasteiger partial charge on any atom is -0.495 e. The van der Waals surface area contributed by atoms with Gasteiger partial charge in [0.25, 0.3) is 10.0 Å². The number of ketones is 1. The molecule has 3 aromatic rings. The second-order valence-electron chi connectivity index (χ2n) is 6.73. The Labute approximate surface area is 185 Å². The van der Waals surface area contributed by atoms with Crippen molar-refractivity contribution < 1.29 is 22.7 Å². The van der Waals surface area contributed by atoms with Gasteiger partial charge >= 0.3 is 0 Å². The van der Waals surface area contributed by atoms with E-state index >= 15 is 0 Å². The Morgan fingerprint density at radius 1 is 1.03 bits per heavy atom. The van der Waals surface area contributed by atoms with Gasteiger partial charge in [0.1, 0.15) is 5.75 Å². The summed E-state index contributed by atoms with van der Waals surface area (Å²) in [6, 6.07) is 14.8. The van der Waals surface area contributed by atoms with Crippen LogP contribution in [0.2, 0.25) is 0 Å². The summed E-state index contributed by atoms with van der Waals surface area (Å²) in [5, 5.41) is 4.47. The van der Waals surface area contributed by atoms with E-state index < -0.39 is 10.0 Å². The van der Waals surface area contributed by atoms with E-state index in [9.17, 15) is 18.0 Å². The van der Waals surface area contributed by atoms with Gasteiger partial charge in [-0.25, -0.2) is 8.42 Å². The highest BCUT2D eigenvalue weighted by molar-refractivity contribution is 7.92. The summed E-state index contributed by atoms with van der Waals surface area (Å²) >= 11 is 1.33. The molecule has 162 valence electrons. The molecule has 2 N–H and O–H groups in total. The van der Waals surface area contributed by atoms with Crippen LogP contribution in [0.4, 0.5) is 11.4 Å². The molecule has 7 nitrogen and oxygen atoms in total.